The molecule has 0 saturated heterocycles. The standard InChI is InChI=1S/C10H10N2O6S2/c11-9-7-4-6(19(13,14)15)2-1-5(7)3-8(10(9)12)20(16,17)18/h1-4H,11-12H2,(H,13,14,15)(H,16,17,18). The molecule has 108 valence electrons. The molecule has 0 spiro atoms. The fourth-order valence-corrected chi connectivity index (χ4v) is 2.94. The highest BCUT2D eigenvalue weighted by atomic mass is 32.2. The van der Waals surface area contributed by atoms with Crippen LogP contribution in [0.5, 0.6) is 0 Å². The average Bonchev–Trinajstić information content (AvgIpc) is 2.30. The van der Waals surface area contributed by atoms with Gasteiger partial charge in [0.1, 0.15) is 4.90 Å². The van der Waals surface area contributed by atoms with Gasteiger partial charge in [0.15, 0.2) is 0 Å². The lowest BCUT2D eigenvalue weighted by molar-refractivity contribution is 0.481. The summed E-state index contributed by atoms with van der Waals surface area (Å²) in [6.45, 7) is 0. The monoisotopic (exact) mass is 318 g/mol. The lowest BCUT2D eigenvalue weighted by atomic mass is 10.1. The summed E-state index contributed by atoms with van der Waals surface area (Å²) < 4.78 is 62.4. The van der Waals surface area contributed by atoms with Crippen molar-refractivity contribution in [3.63, 3.8) is 0 Å². The Morgan fingerprint density at radius 1 is 0.850 bits per heavy atom. The maximum Gasteiger partial charge on any atom is 0.296 e. The molecule has 2 rings (SSSR count). The lowest BCUT2D eigenvalue weighted by Gasteiger charge is -2.10. The molecule has 20 heavy (non-hydrogen) atoms. The zero-order valence-electron chi connectivity index (χ0n) is 9.81. The lowest BCUT2D eigenvalue weighted by Crippen LogP contribution is -2.07. The van der Waals surface area contributed by atoms with Gasteiger partial charge in [0, 0.05) is 5.39 Å². The highest BCUT2D eigenvalue weighted by molar-refractivity contribution is 7.86. The van der Waals surface area contributed by atoms with E-state index in [2.05, 4.69) is 0 Å². The molecule has 0 aromatic heterocycles. The van der Waals surface area contributed by atoms with Crippen LogP contribution < -0.4 is 11.5 Å². The Hall–Kier alpha value is -1.88. The van der Waals surface area contributed by atoms with E-state index in [0.29, 0.717) is 0 Å². The molecule has 0 bridgehead atoms. The number of fused-ring (bicyclic) bond motifs is 1. The molecule has 0 unspecified atom stereocenters. The summed E-state index contributed by atoms with van der Waals surface area (Å²) in [5, 5.41) is 0.391. The van der Waals surface area contributed by atoms with Gasteiger partial charge in [-0.25, -0.2) is 0 Å². The Balaban J connectivity index is 2.92. The van der Waals surface area contributed by atoms with Gasteiger partial charge in [0.25, 0.3) is 20.2 Å². The van der Waals surface area contributed by atoms with E-state index in [1.807, 2.05) is 0 Å². The molecule has 2 aromatic rings. The first kappa shape index (κ1) is 14.5. The molecular weight excluding hydrogens is 308 g/mol. The van der Waals surface area contributed by atoms with Crippen molar-refractivity contribution in [2.75, 3.05) is 11.5 Å². The van der Waals surface area contributed by atoms with E-state index < -0.39 is 35.7 Å². The van der Waals surface area contributed by atoms with Crippen molar-refractivity contribution in [3.05, 3.63) is 24.3 Å². The van der Waals surface area contributed by atoms with Crippen LogP contribution in [0.3, 0.4) is 0 Å². The van der Waals surface area contributed by atoms with E-state index in [-0.39, 0.29) is 16.5 Å². The minimum Gasteiger partial charge on any atom is -0.397 e. The summed E-state index contributed by atoms with van der Waals surface area (Å²) in [7, 11) is -8.99. The van der Waals surface area contributed by atoms with Crippen LogP contribution in [-0.4, -0.2) is 25.9 Å². The highest BCUT2D eigenvalue weighted by Gasteiger charge is 2.19. The molecule has 2 aromatic carbocycles. The molecule has 0 saturated carbocycles. The Morgan fingerprint density at radius 2 is 1.45 bits per heavy atom. The van der Waals surface area contributed by atoms with E-state index in [1.165, 1.54) is 6.07 Å². The molecule has 0 atom stereocenters. The fraction of sp³-hybridized carbons (Fsp3) is 0. The number of hydrogen-bond acceptors (Lipinski definition) is 6. The summed E-state index contributed by atoms with van der Waals surface area (Å²) in [5.41, 5.74) is 10.6. The van der Waals surface area contributed by atoms with Gasteiger partial charge in [0.2, 0.25) is 0 Å². The van der Waals surface area contributed by atoms with Crippen LogP contribution in [0.15, 0.2) is 34.1 Å². The number of anilines is 2. The third-order valence-corrected chi connectivity index (χ3v) is 4.48. The largest absolute Gasteiger partial charge is 0.397 e. The zero-order chi connectivity index (χ0) is 15.3. The summed E-state index contributed by atoms with van der Waals surface area (Å²) in [6.07, 6.45) is 0. The van der Waals surface area contributed by atoms with E-state index in [9.17, 15) is 16.8 Å². The minimum absolute atomic E-state index is 0.144. The summed E-state index contributed by atoms with van der Waals surface area (Å²) in [4.78, 5) is -0.974. The first-order chi connectivity index (χ1) is 9.01. The van der Waals surface area contributed by atoms with E-state index in [4.69, 9.17) is 20.6 Å². The molecule has 6 N–H and O–H groups in total. The Morgan fingerprint density at radius 3 is 1.95 bits per heavy atom. The van der Waals surface area contributed by atoms with Gasteiger partial charge < -0.3 is 11.5 Å². The summed E-state index contributed by atoms with van der Waals surface area (Å²) in [5.74, 6) is 0. The van der Waals surface area contributed by atoms with Crippen LogP contribution in [0.2, 0.25) is 0 Å². The Kier molecular flexibility index (Phi) is 3.13. The van der Waals surface area contributed by atoms with Crippen molar-refractivity contribution in [3.8, 4) is 0 Å². The molecule has 0 radical (unpaired) electrons. The van der Waals surface area contributed by atoms with Gasteiger partial charge in [-0.2, -0.15) is 16.8 Å². The number of rotatable bonds is 2. The maximum atomic E-state index is 11.2. The predicted molar refractivity (Wildman–Crippen MR) is 72.4 cm³/mol. The van der Waals surface area contributed by atoms with Crippen molar-refractivity contribution in [2.45, 2.75) is 9.79 Å². The first-order valence-electron chi connectivity index (χ1n) is 5.08. The van der Waals surface area contributed by atoms with Crippen molar-refractivity contribution in [1.82, 2.24) is 0 Å². The molecule has 0 fully saturated rings. The molecule has 8 nitrogen and oxygen atoms in total. The van der Waals surface area contributed by atoms with Crippen LogP contribution in [0.4, 0.5) is 11.4 Å². The number of hydrogen-bond donors (Lipinski definition) is 4. The molecular formula is C10H10N2O6S2. The van der Waals surface area contributed by atoms with Gasteiger partial charge in [-0.3, -0.25) is 9.11 Å². The van der Waals surface area contributed by atoms with E-state index >= 15 is 0 Å². The van der Waals surface area contributed by atoms with Crippen molar-refractivity contribution >= 4 is 42.4 Å². The Bertz CT molecular complexity index is 918. The van der Waals surface area contributed by atoms with E-state index in [1.54, 1.807) is 0 Å². The van der Waals surface area contributed by atoms with Gasteiger partial charge >= 0.3 is 0 Å². The number of nitrogens with two attached hydrogens (primary N) is 2. The number of benzene rings is 2. The van der Waals surface area contributed by atoms with Gasteiger partial charge in [0.05, 0.1) is 16.3 Å². The van der Waals surface area contributed by atoms with Crippen LogP contribution in [0.25, 0.3) is 10.8 Å². The van der Waals surface area contributed by atoms with Crippen LogP contribution in [0, 0.1) is 0 Å². The topological polar surface area (TPSA) is 161 Å². The second kappa shape index (κ2) is 4.31. The maximum absolute atomic E-state index is 11.2. The molecule has 0 amide bonds. The Labute approximate surface area is 114 Å². The summed E-state index contributed by atoms with van der Waals surface area (Å²) in [6, 6.07) is 4.43. The quantitative estimate of drug-likeness (QED) is 0.459. The van der Waals surface area contributed by atoms with Crippen LogP contribution in [-0.2, 0) is 20.2 Å². The average molecular weight is 318 g/mol. The third kappa shape index (κ3) is 2.41. The van der Waals surface area contributed by atoms with Gasteiger partial charge in [-0.05, 0) is 23.6 Å². The number of nitrogen functional groups attached to an aromatic ring is 2. The molecule has 0 aliphatic heterocycles. The SMILES string of the molecule is Nc1c(S(=O)(=O)O)cc2ccc(S(=O)(=O)O)cc2c1N. The zero-order valence-corrected chi connectivity index (χ0v) is 11.4. The molecule has 10 heteroatoms. The highest BCUT2D eigenvalue weighted by Crippen LogP contribution is 2.34. The molecule has 0 heterocycles. The van der Waals surface area contributed by atoms with E-state index in [0.717, 1.165) is 18.2 Å². The second-order valence-electron chi connectivity index (χ2n) is 4.04. The first-order valence-corrected chi connectivity index (χ1v) is 7.96. The van der Waals surface area contributed by atoms with Gasteiger partial charge in [-0.1, -0.05) is 6.07 Å². The molecule has 0 aliphatic rings. The normalized spacial score (nSPS) is 12.7. The van der Waals surface area contributed by atoms with Crippen LogP contribution >= 0.6 is 0 Å². The van der Waals surface area contributed by atoms with Crippen molar-refractivity contribution < 1.29 is 25.9 Å². The second-order valence-corrected chi connectivity index (χ2v) is 6.85. The third-order valence-electron chi connectivity index (χ3n) is 2.73. The van der Waals surface area contributed by atoms with Crippen molar-refractivity contribution in [2.24, 2.45) is 0 Å². The summed E-state index contributed by atoms with van der Waals surface area (Å²) >= 11 is 0. The minimum atomic E-state index is -4.56. The fourth-order valence-electron chi connectivity index (χ4n) is 1.77. The smallest absolute Gasteiger partial charge is 0.296 e. The van der Waals surface area contributed by atoms with Crippen molar-refractivity contribution in [1.29, 1.82) is 0 Å². The van der Waals surface area contributed by atoms with Gasteiger partial charge in [-0.15, -0.1) is 0 Å². The van der Waals surface area contributed by atoms with Crippen LogP contribution in [0.1, 0.15) is 0 Å². The molecule has 0 aliphatic carbocycles. The predicted octanol–water partition coefficient (Wildman–Crippen LogP) is 0.498.